The number of nitrogens with zero attached hydrogens (tertiary/aromatic N) is 1. The molecular formula is C16H26N2O. The zero-order valence-electron chi connectivity index (χ0n) is 12.8. The average molecular weight is 262 g/mol. The highest BCUT2D eigenvalue weighted by Gasteiger charge is 2.19. The van der Waals surface area contributed by atoms with Crippen molar-refractivity contribution in [3.8, 4) is 0 Å². The summed E-state index contributed by atoms with van der Waals surface area (Å²) in [5.74, 6) is 0.0907. The van der Waals surface area contributed by atoms with Gasteiger partial charge in [-0.3, -0.25) is 4.79 Å². The summed E-state index contributed by atoms with van der Waals surface area (Å²) < 4.78 is 0. The van der Waals surface area contributed by atoms with Gasteiger partial charge in [-0.2, -0.15) is 0 Å². The number of hydrogen-bond donors (Lipinski definition) is 1. The molecule has 0 bridgehead atoms. The van der Waals surface area contributed by atoms with Crippen LogP contribution in [0.4, 0.5) is 5.69 Å². The molecule has 19 heavy (non-hydrogen) atoms. The minimum absolute atomic E-state index is 0.0907. The molecule has 0 heterocycles. The van der Waals surface area contributed by atoms with E-state index in [0.717, 1.165) is 30.6 Å². The maximum Gasteiger partial charge on any atom is 0.255 e. The van der Waals surface area contributed by atoms with Crippen LogP contribution in [0.5, 0.6) is 0 Å². The van der Waals surface area contributed by atoms with Crippen molar-refractivity contribution in [2.24, 2.45) is 0 Å². The number of nitrogens with one attached hydrogen (secondary N) is 1. The Kier molecular flexibility index (Phi) is 5.87. The normalized spacial score (nSPS) is 12.1. The predicted molar refractivity (Wildman–Crippen MR) is 81.8 cm³/mol. The number of carbonyl (C=O) groups is 1. The van der Waals surface area contributed by atoms with Gasteiger partial charge in [0.25, 0.3) is 5.91 Å². The molecule has 0 aliphatic carbocycles. The molecule has 0 saturated heterocycles. The van der Waals surface area contributed by atoms with E-state index in [0.29, 0.717) is 0 Å². The van der Waals surface area contributed by atoms with Gasteiger partial charge in [0.15, 0.2) is 0 Å². The van der Waals surface area contributed by atoms with Crippen molar-refractivity contribution in [2.75, 3.05) is 18.9 Å². The molecule has 0 aliphatic heterocycles. The summed E-state index contributed by atoms with van der Waals surface area (Å²) in [6.07, 6.45) is 2.01. The third kappa shape index (κ3) is 3.98. The molecule has 1 amide bonds. The lowest BCUT2D eigenvalue weighted by Gasteiger charge is -2.25. The number of rotatable bonds is 6. The Labute approximate surface area is 117 Å². The van der Waals surface area contributed by atoms with Crippen LogP contribution >= 0.6 is 0 Å². The molecule has 1 unspecified atom stereocenters. The van der Waals surface area contributed by atoms with Crippen LogP contribution in [0.15, 0.2) is 18.2 Å². The van der Waals surface area contributed by atoms with Gasteiger partial charge in [0.1, 0.15) is 0 Å². The van der Waals surface area contributed by atoms with E-state index in [-0.39, 0.29) is 11.9 Å². The molecule has 1 aromatic rings. The lowest BCUT2D eigenvalue weighted by atomic mass is 10.1. The molecule has 0 radical (unpaired) electrons. The number of amides is 1. The van der Waals surface area contributed by atoms with Gasteiger partial charge < -0.3 is 10.2 Å². The van der Waals surface area contributed by atoms with Crippen LogP contribution in [0.1, 0.15) is 49.5 Å². The van der Waals surface area contributed by atoms with E-state index in [1.54, 1.807) is 0 Å². The van der Waals surface area contributed by atoms with Gasteiger partial charge in [0.2, 0.25) is 0 Å². The van der Waals surface area contributed by atoms with Gasteiger partial charge in [0.05, 0.1) is 5.56 Å². The first-order chi connectivity index (χ1) is 9.01. The van der Waals surface area contributed by atoms with Gasteiger partial charge >= 0.3 is 0 Å². The number of benzene rings is 1. The molecule has 1 atom stereocenters. The molecule has 0 fully saturated rings. The van der Waals surface area contributed by atoms with Gasteiger partial charge in [-0.25, -0.2) is 0 Å². The number of carbonyl (C=O) groups excluding carboxylic acids is 1. The van der Waals surface area contributed by atoms with Crippen LogP contribution < -0.4 is 5.32 Å². The monoisotopic (exact) mass is 262 g/mol. The number of anilines is 1. The average Bonchev–Trinajstić information content (AvgIpc) is 2.42. The zero-order valence-corrected chi connectivity index (χ0v) is 12.8. The number of hydrogen-bond acceptors (Lipinski definition) is 2. The van der Waals surface area contributed by atoms with Gasteiger partial charge in [0, 0.05) is 25.3 Å². The van der Waals surface area contributed by atoms with Crippen molar-refractivity contribution in [3.05, 3.63) is 29.3 Å². The lowest BCUT2D eigenvalue weighted by Crippen LogP contribution is -2.35. The second-order valence-electron chi connectivity index (χ2n) is 5.15. The van der Waals surface area contributed by atoms with Crippen LogP contribution in [0.2, 0.25) is 0 Å². The highest BCUT2D eigenvalue weighted by atomic mass is 16.2. The van der Waals surface area contributed by atoms with Gasteiger partial charge in [-0.05, 0) is 44.4 Å². The van der Waals surface area contributed by atoms with E-state index in [1.165, 1.54) is 5.56 Å². The Balaban J connectivity index is 3.01. The maximum atomic E-state index is 12.5. The fourth-order valence-electron chi connectivity index (χ4n) is 1.91. The van der Waals surface area contributed by atoms with Gasteiger partial charge in [-0.15, -0.1) is 0 Å². The van der Waals surface area contributed by atoms with Crippen molar-refractivity contribution >= 4 is 11.6 Å². The second-order valence-corrected chi connectivity index (χ2v) is 5.15. The van der Waals surface area contributed by atoms with E-state index >= 15 is 0 Å². The molecular weight excluding hydrogens is 236 g/mol. The first-order valence-electron chi connectivity index (χ1n) is 7.12. The van der Waals surface area contributed by atoms with Crippen LogP contribution in [0.3, 0.4) is 0 Å². The smallest absolute Gasteiger partial charge is 0.255 e. The molecule has 0 spiro atoms. The standard InChI is InChI=1S/C16H26N2O/c1-6-10-17-15-11-12(3)8-9-14(15)16(19)18(5)13(4)7-2/h8-9,11,13,17H,6-7,10H2,1-5H3. The van der Waals surface area contributed by atoms with Crippen molar-refractivity contribution in [3.63, 3.8) is 0 Å². The van der Waals surface area contributed by atoms with Crippen molar-refractivity contribution in [1.82, 2.24) is 4.90 Å². The third-order valence-corrected chi connectivity index (χ3v) is 3.54. The Morgan fingerprint density at radius 3 is 2.63 bits per heavy atom. The van der Waals surface area contributed by atoms with E-state index in [1.807, 2.05) is 37.1 Å². The van der Waals surface area contributed by atoms with Crippen LogP contribution in [0, 0.1) is 6.92 Å². The largest absolute Gasteiger partial charge is 0.384 e. The Morgan fingerprint density at radius 1 is 1.37 bits per heavy atom. The first-order valence-corrected chi connectivity index (χ1v) is 7.12. The summed E-state index contributed by atoms with van der Waals surface area (Å²) in [6.45, 7) is 9.22. The SMILES string of the molecule is CCCNc1cc(C)ccc1C(=O)N(C)C(C)CC. The lowest BCUT2D eigenvalue weighted by molar-refractivity contribution is 0.0741. The first kappa shape index (κ1) is 15.5. The Morgan fingerprint density at radius 2 is 2.05 bits per heavy atom. The summed E-state index contributed by atoms with van der Waals surface area (Å²) in [6, 6.07) is 6.23. The Bertz CT molecular complexity index is 429. The highest BCUT2D eigenvalue weighted by molar-refractivity contribution is 5.99. The van der Waals surface area contributed by atoms with Crippen LogP contribution in [-0.2, 0) is 0 Å². The Hall–Kier alpha value is -1.51. The van der Waals surface area contributed by atoms with Crippen LogP contribution in [-0.4, -0.2) is 30.4 Å². The minimum atomic E-state index is 0.0907. The maximum absolute atomic E-state index is 12.5. The van der Waals surface area contributed by atoms with Crippen molar-refractivity contribution in [1.29, 1.82) is 0 Å². The third-order valence-electron chi connectivity index (χ3n) is 3.54. The molecule has 106 valence electrons. The van der Waals surface area contributed by atoms with E-state index < -0.39 is 0 Å². The van der Waals surface area contributed by atoms with E-state index in [2.05, 4.69) is 26.1 Å². The zero-order chi connectivity index (χ0) is 14.4. The van der Waals surface area contributed by atoms with Crippen molar-refractivity contribution in [2.45, 2.75) is 46.6 Å². The molecule has 1 rings (SSSR count). The topological polar surface area (TPSA) is 32.3 Å². The summed E-state index contributed by atoms with van der Waals surface area (Å²) in [5.41, 5.74) is 2.88. The molecule has 1 aromatic carbocycles. The molecule has 0 saturated carbocycles. The fourth-order valence-corrected chi connectivity index (χ4v) is 1.91. The van der Waals surface area contributed by atoms with Gasteiger partial charge in [-0.1, -0.05) is 19.9 Å². The predicted octanol–water partition coefficient (Wildman–Crippen LogP) is 3.69. The van der Waals surface area contributed by atoms with E-state index in [9.17, 15) is 4.79 Å². The summed E-state index contributed by atoms with van der Waals surface area (Å²) in [5, 5.41) is 3.35. The van der Waals surface area contributed by atoms with E-state index in [4.69, 9.17) is 0 Å². The quantitative estimate of drug-likeness (QED) is 0.848. The molecule has 3 nitrogen and oxygen atoms in total. The molecule has 0 aliphatic rings. The molecule has 3 heteroatoms. The van der Waals surface area contributed by atoms with Crippen LogP contribution in [0.25, 0.3) is 0 Å². The highest BCUT2D eigenvalue weighted by Crippen LogP contribution is 2.20. The van der Waals surface area contributed by atoms with Crippen molar-refractivity contribution < 1.29 is 4.79 Å². The number of aryl methyl sites for hydroxylation is 1. The summed E-state index contributed by atoms with van der Waals surface area (Å²) in [7, 11) is 1.87. The fraction of sp³-hybridized carbons (Fsp3) is 0.562. The summed E-state index contributed by atoms with van der Waals surface area (Å²) in [4.78, 5) is 14.3. The second kappa shape index (κ2) is 7.17. The molecule has 0 aromatic heterocycles. The summed E-state index contributed by atoms with van der Waals surface area (Å²) >= 11 is 0. The minimum Gasteiger partial charge on any atom is -0.384 e. The molecule has 1 N–H and O–H groups in total.